The Bertz CT molecular complexity index is 1480. The van der Waals surface area contributed by atoms with E-state index < -0.39 is 23.1 Å². The number of esters is 1. The lowest BCUT2D eigenvalue weighted by Crippen LogP contribution is -2.42. The molecule has 0 saturated carbocycles. The van der Waals surface area contributed by atoms with Gasteiger partial charge in [0, 0.05) is 13.2 Å². The van der Waals surface area contributed by atoms with Crippen molar-refractivity contribution in [3.8, 4) is 0 Å². The number of nitrogens with one attached hydrogen (secondary N) is 1. The van der Waals surface area contributed by atoms with Gasteiger partial charge >= 0.3 is 11.7 Å². The molecule has 0 aliphatic carbocycles. The molecule has 4 aromatic rings. The highest BCUT2D eigenvalue weighted by Crippen LogP contribution is 2.16. The summed E-state index contributed by atoms with van der Waals surface area (Å²) in [6.45, 7) is 1.54. The zero-order chi connectivity index (χ0) is 24.2. The quantitative estimate of drug-likeness (QED) is 0.419. The average Bonchev–Trinajstić information content (AvgIpc) is 3.22. The van der Waals surface area contributed by atoms with Crippen molar-refractivity contribution in [1.82, 2.24) is 18.9 Å². The highest BCUT2D eigenvalue weighted by molar-refractivity contribution is 6.01. The first-order valence-corrected chi connectivity index (χ1v) is 10.7. The molecular formula is C24H23N5O5. The number of ether oxygens (including phenoxy) is 1. The Labute approximate surface area is 194 Å². The van der Waals surface area contributed by atoms with Gasteiger partial charge in [0.15, 0.2) is 5.52 Å². The lowest BCUT2D eigenvalue weighted by Gasteiger charge is -2.13. The van der Waals surface area contributed by atoms with E-state index in [0.717, 1.165) is 10.1 Å². The summed E-state index contributed by atoms with van der Waals surface area (Å²) in [5.74, 6) is -1.12. The summed E-state index contributed by atoms with van der Waals surface area (Å²) < 4.78 is 8.72. The SMILES string of the molecule is CCOC(=O)c1ccccc1NC(=O)Cn1c(=O)n(Cc2ccccc2)c(=O)c2nn(C)cc21. The highest BCUT2D eigenvalue weighted by Gasteiger charge is 2.20. The Kier molecular flexibility index (Phi) is 6.39. The first kappa shape index (κ1) is 22.7. The van der Waals surface area contributed by atoms with Crippen LogP contribution in [0.15, 0.2) is 70.4 Å². The second-order valence-electron chi connectivity index (χ2n) is 7.60. The third-order valence-electron chi connectivity index (χ3n) is 5.19. The van der Waals surface area contributed by atoms with E-state index in [9.17, 15) is 19.2 Å². The summed E-state index contributed by atoms with van der Waals surface area (Å²) in [5.41, 5.74) is 0.381. The number of nitrogens with zero attached hydrogens (tertiary/aromatic N) is 4. The Morgan fingerprint density at radius 2 is 1.71 bits per heavy atom. The molecule has 0 aliphatic heterocycles. The minimum absolute atomic E-state index is 0.0400. The lowest BCUT2D eigenvalue weighted by atomic mass is 10.2. The zero-order valence-corrected chi connectivity index (χ0v) is 18.7. The second-order valence-corrected chi connectivity index (χ2v) is 7.60. The molecule has 2 aromatic heterocycles. The van der Waals surface area contributed by atoms with Crippen LogP contribution >= 0.6 is 0 Å². The normalized spacial score (nSPS) is 10.9. The van der Waals surface area contributed by atoms with Crippen LogP contribution in [0.4, 0.5) is 5.69 Å². The van der Waals surface area contributed by atoms with Crippen LogP contribution in [0, 0.1) is 0 Å². The van der Waals surface area contributed by atoms with E-state index in [1.54, 1.807) is 50.4 Å². The molecule has 0 radical (unpaired) electrons. The van der Waals surface area contributed by atoms with E-state index in [-0.39, 0.29) is 42.0 Å². The van der Waals surface area contributed by atoms with Gasteiger partial charge in [0.05, 0.1) is 29.9 Å². The van der Waals surface area contributed by atoms with Gasteiger partial charge in [-0.25, -0.2) is 9.59 Å². The van der Waals surface area contributed by atoms with E-state index >= 15 is 0 Å². The van der Waals surface area contributed by atoms with Gasteiger partial charge in [-0.15, -0.1) is 0 Å². The Balaban J connectivity index is 1.71. The third kappa shape index (κ3) is 4.51. The summed E-state index contributed by atoms with van der Waals surface area (Å²) in [7, 11) is 1.63. The predicted molar refractivity (Wildman–Crippen MR) is 126 cm³/mol. The maximum atomic E-state index is 13.3. The molecule has 0 atom stereocenters. The number of para-hydroxylation sites is 1. The van der Waals surface area contributed by atoms with E-state index in [2.05, 4.69) is 10.4 Å². The fourth-order valence-electron chi connectivity index (χ4n) is 3.66. The Morgan fingerprint density at radius 3 is 2.44 bits per heavy atom. The van der Waals surface area contributed by atoms with E-state index in [4.69, 9.17) is 4.74 Å². The molecule has 2 aromatic carbocycles. The van der Waals surface area contributed by atoms with Gasteiger partial charge in [-0.1, -0.05) is 42.5 Å². The lowest BCUT2D eigenvalue weighted by molar-refractivity contribution is -0.116. The number of hydrogen-bond acceptors (Lipinski definition) is 6. The molecule has 2 heterocycles. The number of amides is 1. The smallest absolute Gasteiger partial charge is 0.340 e. The standard InChI is InChI=1S/C24H23N5O5/c1-3-34-23(32)17-11-7-8-12-18(17)25-20(30)15-28-19-14-27(2)26-21(19)22(31)29(24(28)33)13-16-9-5-4-6-10-16/h4-12,14H,3,13,15H2,1-2H3,(H,25,30). The van der Waals surface area contributed by atoms with E-state index in [1.807, 2.05) is 18.2 Å². The van der Waals surface area contributed by atoms with Crippen molar-refractivity contribution in [3.63, 3.8) is 0 Å². The number of carbonyl (C=O) groups excluding carboxylic acids is 2. The maximum Gasteiger partial charge on any atom is 0.340 e. The molecule has 1 N–H and O–H groups in total. The van der Waals surface area contributed by atoms with E-state index in [1.165, 1.54) is 15.4 Å². The third-order valence-corrected chi connectivity index (χ3v) is 5.19. The van der Waals surface area contributed by atoms with Crippen molar-refractivity contribution < 1.29 is 14.3 Å². The molecule has 174 valence electrons. The predicted octanol–water partition coefficient (Wildman–Crippen LogP) is 1.76. The van der Waals surface area contributed by atoms with E-state index in [0.29, 0.717) is 0 Å². The van der Waals surface area contributed by atoms with Gasteiger partial charge in [-0.3, -0.25) is 23.4 Å². The van der Waals surface area contributed by atoms with Gasteiger partial charge in [0.25, 0.3) is 5.56 Å². The van der Waals surface area contributed by atoms with Gasteiger partial charge in [0.2, 0.25) is 5.91 Å². The Hall–Kier alpha value is -4.47. The molecule has 0 spiro atoms. The van der Waals surface area contributed by atoms with Crippen molar-refractivity contribution in [3.05, 3.63) is 92.8 Å². The van der Waals surface area contributed by atoms with Crippen molar-refractivity contribution in [1.29, 1.82) is 0 Å². The molecule has 1 amide bonds. The van der Waals surface area contributed by atoms with Crippen molar-refractivity contribution in [2.45, 2.75) is 20.0 Å². The molecule has 10 heteroatoms. The van der Waals surface area contributed by atoms with Crippen molar-refractivity contribution in [2.75, 3.05) is 11.9 Å². The number of anilines is 1. The molecule has 0 fully saturated rings. The number of aromatic nitrogens is 4. The zero-order valence-electron chi connectivity index (χ0n) is 18.7. The van der Waals surface area contributed by atoms with Crippen molar-refractivity contribution >= 4 is 28.6 Å². The molecule has 0 saturated heterocycles. The molecular weight excluding hydrogens is 438 g/mol. The number of aryl methyl sites for hydroxylation is 1. The number of fused-ring (bicyclic) bond motifs is 1. The molecule has 0 unspecified atom stereocenters. The van der Waals surface area contributed by atoms with Crippen LogP contribution in [0.25, 0.3) is 11.0 Å². The fraction of sp³-hybridized carbons (Fsp3) is 0.208. The molecule has 4 rings (SSSR count). The molecule has 0 aliphatic rings. The summed E-state index contributed by atoms with van der Waals surface area (Å²) in [4.78, 5) is 51.4. The number of benzene rings is 2. The maximum absolute atomic E-state index is 13.3. The number of rotatable bonds is 7. The van der Waals surface area contributed by atoms with Crippen LogP contribution in [-0.4, -0.2) is 37.4 Å². The highest BCUT2D eigenvalue weighted by atomic mass is 16.5. The molecule has 0 bridgehead atoms. The van der Waals surface area contributed by atoms with Crippen LogP contribution in [0.3, 0.4) is 0 Å². The summed E-state index contributed by atoms with van der Waals surface area (Å²) in [6, 6.07) is 15.5. The summed E-state index contributed by atoms with van der Waals surface area (Å²) in [6.07, 6.45) is 1.52. The van der Waals surface area contributed by atoms with Gasteiger partial charge in [-0.2, -0.15) is 5.10 Å². The monoisotopic (exact) mass is 461 g/mol. The summed E-state index contributed by atoms with van der Waals surface area (Å²) in [5, 5.41) is 6.86. The minimum atomic E-state index is -0.636. The van der Waals surface area contributed by atoms with Crippen molar-refractivity contribution in [2.24, 2.45) is 7.05 Å². The van der Waals surface area contributed by atoms with Gasteiger partial charge in [-0.05, 0) is 24.6 Å². The first-order chi connectivity index (χ1) is 16.4. The average molecular weight is 461 g/mol. The minimum Gasteiger partial charge on any atom is -0.462 e. The fourth-order valence-corrected chi connectivity index (χ4v) is 3.66. The second kappa shape index (κ2) is 9.57. The van der Waals surface area contributed by atoms with Crippen LogP contribution in [0.2, 0.25) is 0 Å². The summed E-state index contributed by atoms with van der Waals surface area (Å²) >= 11 is 0. The van der Waals surface area contributed by atoms with Crippen LogP contribution in [0.5, 0.6) is 0 Å². The Morgan fingerprint density at radius 1 is 1.00 bits per heavy atom. The van der Waals surface area contributed by atoms with Gasteiger partial charge in [0.1, 0.15) is 6.54 Å². The van der Waals surface area contributed by atoms with Gasteiger partial charge < -0.3 is 10.1 Å². The molecule has 34 heavy (non-hydrogen) atoms. The molecule has 10 nitrogen and oxygen atoms in total. The van der Waals surface area contributed by atoms with Crippen LogP contribution in [-0.2, 0) is 29.7 Å². The number of carbonyl (C=O) groups is 2. The first-order valence-electron chi connectivity index (χ1n) is 10.7. The van der Waals surface area contributed by atoms with Crippen LogP contribution < -0.4 is 16.6 Å². The van der Waals surface area contributed by atoms with Crippen LogP contribution in [0.1, 0.15) is 22.8 Å². The number of hydrogen-bond donors (Lipinski definition) is 1. The topological polar surface area (TPSA) is 117 Å². The largest absolute Gasteiger partial charge is 0.462 e.